The van der Waals surface area contributed by atoms with E-state index >= 15 is 0 Å². The maximum atomic E-state index is 13.8. The Bertz CT molecular complexity index is 3050. The van der Waals surface area contributed by atoms with Crippen LogP contribution in [-0.2, 0) is 0 Å². The van der Waals surface area contributed by atoms with Gasteiger partial charge in [-0.2, -0.15) is 0 Å². The Labute approximate surface area is 434 Å². The zero-order valence-corrected chi connectivity index (χ0v) is 43.9. The normalized spacial score (nSPS) is 14.2. The summed E-state index contributed by atoms with van der Waals surface area (Å²) in [6, 6.07) is 42.9. The number of aromatic hydroxyl groups is 1. The van der Waals surface area contributed by atoms with Gasteiger partial charge in [0.15, 0.2) is 11.6 Å². The van der Waals surface area contributed by atoms with Crippen molar-refractivity contribution in [2.45, 2.75) is 48.3 Å². The Morgan fingerprint density at radius 3 is 1.35 bits per heavy atom. The molecule has 2 aromatic heterocycles. The number of benzene rings is 6. The van der Waals surface area contributed by atoms with Gasteiger partial charge in [0, 0.05) is 75.1 Å². The molecule has 0 amide bonds. The molecule has 2 fully saturated rings. The van der Waals surface area contributed by atoms with Crippen molar-refractivity contribution >= 4 is 77.9 Å². The predicted molar refractivity (Wildman–Crippen MR) is 298 cm³/mol. The molecule has 2 aliphatic heterocycles. The summed E-state index contributed by atoms with van der Waals surface area (Å²) in [5, 5.41) is 11.8. The maximum absolute atomic E-state index is 13.8. The fraction of sp³-hybridized carbons (Fsp3) is 0.288. The highest BCUT2D eigenvalue weighted by Gasteiger charge is 2.24. The molecule has 8 nitrogen and oxygen atoms in total. The molecule has 0 spiro atoms. The molecule has 6 aromatic carbocycles. The van der Waals surface area contributed by atoms with E-state index in [0.29, 0.717) is 29.9 Å². The highest BCUT2D eigenvalue weighted by Crippen LogP contribution is 2.43. The Balaban J connectivity index is 0.000000176. The molecule has 0 radical (unpaired) electrons. The van der Waals surface area contributed by atoms with E-state index in [-0.39, 0.29) is 17.3 Å². The van der Waals surface area contributed by atoms with Gasteiger partial charge in [0.1, 0.15) is 36.2 Å². The number of ketones is 2. The third kappa shape index (κ3) is 12.4. The first-order valence-corrected chi connectivity index (χ1v) is 28.5. The van der Waals surface area contributed by atoms with E-state index in [4.69, 9.17) is 14.2 Å². The van der Waals surface area contributed by atoms with Crippen LogP contribution in [0.3, 0.4) is 0 Å². The third-order valence-electron chi connectivity index (χ3n) is 13.2. The van der Waals surface area contributed by atoms with E-state index in [1.807, 2.05) is 79.1 Å². The van der Waals surface area contributed by atoms with Crippen molar-refractivity contribution in [1.82, 2.24) is 9.80 Å². The van der Waals surface area contributed by atoms with Crippen molar-refractivity contribution in [3.05, 3.63) is 156 Å². The smallest absolute Gasteiger partial charge is 0.195 e. The summed E-state index contributed by atoms with van der Waals surface area (Å²) in [6.45, 7) is 7.86. The van der Waals surface area contributed by atoms with Crippen LogP contribution in [-0.4, -0.2) is 98.6 Å². The fourth-order valence-electron chi connectivity index (χ4n) is 9.28. The van der Waals surface area contributed by atoms with Gasteiger partial charge in [-0.3, -0.25) is 19.4 Å². The van der Waals surface area contributed by atoms with Crippen molar-refractivity contribution in [3.63, 3.8) is 0 Å². The first-order chi connectivity index (χ1) is 34.8. The molecule has 0 bridgehead atoms. The van der Waals surface area contributed by atoms with E-state index in [9.17, 15) is 14.7 Å². The highest BCUT2D eigenvalue weighted by atomic mass is 32.2. The molecule has 10 rings (SSSR count). The van der Waals surface area contributed by atoms with Crippen molar-refractivity contribution < 1.29 is 28.9 Å². The maximum Gasteiger partial charge on any atom is 0.195 e. The highest BCUT2D eigenvalue weighted by molar-refractivity contribution is 7.98. The number of phenols is 1. The second kappa shape index (κ2) is 24.2. The first kappa shape index (κ1) is 50.3. The van der Waals surface area contributed by atoms with Crippen LogP contribution in [0.5, 0.6) is 23.0 Å². The van der Waals surface area contributed by atoms with Gasteiger partial charge in [0.25, 0.3) is 0 Å². The van der Waals surface area contributed by atoms with Crippen LogP contribution in [0.4, 0.5) is 0 Å². The lowest BCUT2D eigenvalue weighted by molar-refractivity contribution is 0.103. The summed E-state index contributed by atoms with van der Waals surface area (Å²) in [4.78, 5) is 36.8. The van der Waals surface area contributed by atoms with Gasteiger partial charge in [0.05, 0.1) is 7.11 Å². The SMILES string of the molecule is COc1ccc2c(C(=O)c3ccc(OCCN4CCCCC4)cc3)c(-c3ccc(SC)cc3)sc2c1.CSc1ccc(-c2sc3cc(O)ccc3c2C(=O)c2ccc(OCCN3CCCCC3)cc2)cc1. The quantitative estimate of drug-likeness (QED) is 0.0703. The zero-order valence-electron chi connectivity index (χ0n) is 40.6. The summed E-state index contributed by atoms with van der Waals surface area (Å²) in [5.41, 5.74) is 4.77. The number of likely N-dealkylation sites (tertiary alicyclic amines) is 2. The molecule has 0 atom stereocenters. The molecule has 1 N–H and O–H groups in total. The lowest BCUT2D eigenvalue weighted by Crippen LogP contribution is -2.33. The van der Waals surface area contributed by atoms with Crippen LogP contribution < -0.4 is 14.2 Å². The van der Waals surface area contributed by atoms with Crippen molar-refractivity contribution in [2.75, 3.05) is 72.1 Å². The molecule has 2 saturated heterocycles. The van der Waals surface area contributed by atoms with Gasteiger partial charge in [-0.25, -0.2) is 0 Å². The number of carbonyl (C=O) groups excluding carboxylic acids is 2. The van der Waals surface area contributed by atoms with Crippen molar-refractivity contribution in [3.8, 4) is 43.9 Å². The van der Waals surface area contributed by atoms with E-state index in [2.05, 4.69) is 64.6 Å². The Morgan fingerprint density at radius 2 is 0.930 bits per heavy atom. The summed E-state index contributed by atoms with van der Waals surface area (Å²) in [6.07, 6.45) is 11.9. The van der Waals surface area contributed by atoms with Gasteiger partial charge in [-0.1, -0.05) is 37.1 Å². The zero-order chi connectivity index (χ0) is 49.1. The number of carbonyl (C=O) groups is 2. The molecule has 71 heavy (non-hydrogen) atoms. The van der Waals surface area contributed by atoms with Crippen LogP contribution in [0.2, 0.25) is 0 Å². The van der Waals surface area contributed by atoms with Gasteiger partial charge in [0.2, 0.25) is 0 Å². The monoisotopic (exact) mass is 1020 g/mol. The van der Waals surface area contributed by atoms with Crippen molar-refractivity contribution in [1.29, 1.82) is 0 Å². The number of fused-ring (bicyclic) bond motifs is 2. The van der Waals surface area contributed by atoms with Crippen molar-refractivity contribution in [2.24, 2.45) is 0 Å². The topological polar surface area (TPSA) is 88.5 Å². The number of piperidine rings is 2. The molecule has 4 heterocycles. The standard InChI is InChI=1S/C30H31NO3S2.C29H29NO3S2/c1-33-24-12-15-26-27(20-24)36-30(22-8-13-25(35-2)14-9-22)28(26)29(32)21-6-10-23(11-7-21)34-19-18-31-16-4-3-5-17-31;1-34-24-12-7-21(8-13-24)29-27(25-14-9-22(31)19-26(25)35-29)28(32)20-5-10-23(11-6-20)33-18-17-30-15-3-2-4-16-30/h6-15,20H,3-5,16-19H2,1-2H3;5-14,19,31H,2-4,15-18H2,1H3. The number of phenolic OH excluding ortho intramolecular Hbond substituents is 1. The van der Waals surface area contributed by atoms with Crippen LogP contribution in [0.25, 0.3) is 41.1 Å². The Hall–Kier alpha value is -5.60. The van der Waals surface area contributed by atoms with E-state index in [1.165, 1.54) is 72.7 Å². The molecule has 0 unspecified atom stereocenters. The van der Waals surface area contributed by atoms with E-state index in [1.54, 1.807) is 54.1 Å². The van der Waals surface area contributed by atoms with Gasteiger partial charge in [-0.15, -0.1) is 46.2 Å². The fourth-order valence-corrected chi connectivity index (χ4v) is 12.6. The number of hydrogen-bond donors (Lipinski definition) is 1. The predicted octanol–water partition coefficient (Wildman–Crippen LogP) is 14.5. The number of thioether (sulfide) groups is 2. The van der Waals surface area contributed by atoms with E-state index < -0.39 is 0 Å². The lowest BCUT2D eigenvalue weighted by Gasteiger charge is -2.26. The lowest BCUT2D eigenvalue weighted by atomic mass is 9.97. The average Bonchev–Trinajstić information content (AvgIpc) is 4.00. The largest absolute Gasteiger partial charge is 0.508 e. The second-order valence-electron chi connectivity index (χ2n) is 17.8. The number of ether oxygens (including phenoxy) is 3. The third-order valence-corrected chi connectivity index (χ3v) is 17.1. The number of hydrogen-bond acceptors (Lipinski definition) is 12. The number of thiophene rings is 2. The summed E-state index contributed by atoms with van der Waals surface area (Å²) in [5.74, 6) is 2.58. The molecule has 366 valence electrons. The number of rotatable bonds is 17. The van der Waals surface area contributed by atoms with Gasteiger partial charge >= 0.3 is 0 Å². The van der Waals surface area contributed by atoms with Crippen LogP contribution in [0.15, 0.2) is 143 Å². The molecular formula is C59H60N2O6S4. The number of methoxy groups -OCH3 is 1. The average molecular weight is 1020 g/mol. The molecule has 2 aliphatic rings. The minimum Gasteiger partial charge on any atom is -0.508 e. The molecule has 12 heteroatoms. The van der Waals surface area contributed by atoms with Crippen LogP contribution in [0.1, 0.15) is 70.4 Å². The Kier molecular flexibility index (Phi) is 17.2. The second-order valence-corrected chi connectivity index (χ2v) is 21.7. The van der Waals surface area contributed by atoms with Gasteiger partial charge in [-0.05, 0) is 185 Å². The molecule has 8 aromatic rings. The summed E-state index contributed by atoms with van der Waals surface area (Å²) >= 11 is 6.57. The van der Waals surface area contributed by atoms with E-state index in [0.717, 1.165) is 90.0 Å². The number of nitrogens with zero attached hydrogens (tertiary/aromatic N) is 2. The summed E-state index contributed by atoms with van der Waals surface area (Å²) < 4.78 is 19.3. The van der Waals surface area contributed by atoms with Crippen LogP contribution >= 0.6 is 46.2 Å². The minimum atomic E-state index is -0.0225. The molecular weight excluding hydrogens is 961 g/mol. The summed E-state index contributed by atoms with van der Waals surface area (Å²) in [7, 11) is 1.67. The van der Waals surface area contributed by atoms with Gasteiger partial charge < -0.3 is 19.3 Å². The first-order valence-electron chi connectivity index (χ1n) is 24.4. The molecule has 0 saturated carbocycles. The molecule has 0 aliphatic carbocycles. The minimum absolute atomic E-state index is 0.0225. The Morgan fingerprint density at radius 1 is 0.521 bits per heavy atom. The van der Waals surface area contributed by atoms with Crippen LogP contribution in [0, 0.1) is 0 Å².